The van der Waals surface area contributed by atoms with E-state index in [4.69, 9.17) is 14.6 Å². The number of aliphatic hydroxyl groups is 4. The van der Waals surface area contributed by atoms with Gasteiger partial charge in [0.25, 0.3) is 0 Å². The van der Waals surface area contributed by atoms with Gasteiger partial charge in [-0.05, 0) is 5.56 Å². The Morgan fingerprint density at radius 3 is 2.43 bits per heavy atom. The van der Waals surface area contributed by atoms with Crippen molar-refractivity contribution in [2.45, 2.75) is 18.3 Å². The molecule has 0 spiro atoms. The fraction of sp³-hybridized carbons (Fsp3) is 0.357. The smallest absolute Gasteiger partial charge is 0.378 e. The standard InChI is InChI=1S/C14H16O7/c15-6-9(17)12-13(11(18)14(19)21-12)20-10(7-16)8-4-2-1-3-5-8/h1-5,9-10,12,15-18H,6-7H2. The predicted molar refractivity (Wildman–Crippen MR) is 70.0 cm³/mol. The Balaban J connectivity index is 2.24. The van der Waals surface area contributed by atoms with Gasteiger partial charge in [0.15, 0.2) is 11.9 Å². The molecule has 3 atom stereocenters. The first-order valence-electron chi connectivity index (χ1n) is 6.34. The molecule has 3 unspecified atom stereocenters. The molecule has 7 heteroatoms. The van der Waals surface area contributed by atoms with Gasteiger partial charge in [-0.1, -0.05) is 30.3 Å². The van der Waals surface area contributed by atoms with Crippen LogP contribution < -0.4 is 0 Å². The summed E-state index contributed by atoms with van der Waals surface area (Å²) in [6.45, 7) is -1.08. The van der Waals surface area contributed by atoms with Gasteiger partial charge in [-0.25, -0.2) is 4.79 Å². The van der Waals surface area contributed by atoms with Crippen LogP contribution in [0.3, 0.4) is 0 Å². The maximum atomic E-state index is 11.4. The lowest BCUT2D eigenvalue weighted by Gasteiger charge is -2.23. The van der Waals surface area contributed by atoms with Crippen LogP contribution in [0.15, 0.2) is 41.9 Å². The number of carbonyl (C=O) groups is 1. The Kier molecular flexibility index (Phi) is 4.79. The maximum absolute atomic E-state index is 11.4. The van der Waals surface area contributed by atoms with Crippen molar-refractivity contribution in [1.29, 1.82) is 0 Å². The summed E-state index contributed by atoms with van der Waals surface area (Å²) in [7, 11) is 0. The molecule has 1 aliphatic heterocycles. The van der Waals surface area contributed by atoms with Crippen LogP contribution in [-0.2, 0) is 14.3 Å². The van der Waals surface area contributed by atoms with Crippen molar-refractivity contribution < 1.29 is 34.7 Å². The van der Waals surface area contributed by atoms with Crippen molar-refractivity contribution in [2.75, 3.05) is 13.2 Å². The number of benzene rings is 1. The van der Waals surface area contributed by atoms with Gasteiger partial charge in [-0.15, -0.1) is 0 Å². The molecule has 0 bridgehead atoms. The lowest BCUT2D eigenvalue weighted by Crippen LogP contribution is -2.33. The average Bonchev–Trinajstić information content (AvgIpc) is 2.80. The minimum absolute atomic E-state index is 0.301. The minimum atomic E-state index is -1.43. The maximum Gasteiger partial charge on any atom is 0.378 e. The molecule has 1 aliphatic rings. The van der Waals surface area contributed by atoms with E-state index in [1.165, 1.54) is 0 Å². The number of esters is 1. The highest BCUT2D eigenvalue weighted by atomic mass is 16.6. The van der Waals surface area contributed by atoms with Crippen LogP contribution in [0.1, 0.15) is 11.7 Å². The molecular weight excluding hydrogens is 280 g/mol. The first kappa shape index (κ1) is 15.3. The number of hydrogen-bond acceptors (Lipinski definition) is 7. The number of rotatable bonds is 6. The fourth-order valence-corrected chi connectivity index (χ4v) is 1.96. The molecule has 1 heterocycles. The van der Waals surface area contributed by atoms with E-state index >= 15 is 0 Å². The third-order valence-corrected chi connectivity index (χ3v) is 3.06. The van der Waals surface area contributed by atoms with Crippen molar-refractivity contribution in [2.24, 2.45) is 0 Å². The first-order chi connectivity index (χ1) is 10.1. The second-order valence-electron chi connectivity index (χ2n) is 4.49. The quantitative estimate of drug-likeness (QED) is 0.536. The number of carbonyl (C=O) groups excluding carboxylic acids is 1. The summed E-state index contributed by atoms with van der Waals surface area (Å²) in [6, 6.07) is 8.67. The monoisotopic (exact) mass is 296 g/mol. The van der Waals surface area contributed by atoms with Crippen LogP contribution in [0.25, 0.3) is 0 Å². The van der Waals surface area contributed by atoms with Crippen molar-refractivity contribution in [3.63, 3.8) is 0 Å². The average molecular weight is 296 g/mol. The minimum Gasteiger partial charge on any atom is -0.499 e. The Hall–Kier alpha value is -2.09. The van der Waals surface area contributed by atoms with E-state index in [0.717, 1.165) is 0 Å². The molecule has 4 N–H and O–H groups in total. The zero-order chi connectivity index (χ0) is 15.4. The molecule has 1 aromatic rings. The van der Waals surface area contributed by atoms with Crippen molar-refractivity contribution in [3.05, 3.63) is 47.4 Å². The molecule has 0 amide bonds. The van der Waals surface area contributed by atoms with E-state index < -0.39 is 43.3 Å². The summed E-state index contributed by atoms with van der Waals surface area (Å²) >= 11 is 0. The first-order valence-corrected chi connectivity index (χ1v) is 6.34. The normalized spacial score (nSPS) is 21.1. The highest BCUT2D eigenvalue weighted by Crippen LogP contribution is 2.30. The third kappa shape index (κ3) is 3.15. The Bertz CT molecular complexity index is 525. The number of aliphatic hydroxyl groups excluding tert-OH is 4. The Labute approximate surface area is 120 Å². The SMILES string of the molecule is O=C1OC(C(O)CO)C(OC(CO)c2ccccc2)=C1O. The Morgan fingerprint density at radius 2 is 1.86 bits per heavy atom. The Morgan fingerprint density at radius 1 is 1.19 bits per heavy atom. The second kappa shape index (κ2) is 6.57. The third-order valence-electron chi connectivity index (χ3n) is 3.06. The van der Waals surface area contributed by atoms with Crippen LogP contribution in [0.4, 0.5) is 0 Å². The van der Waals surface area contributed by atoms with Gasteiger partial charge in [-0.2, -0.15) is 0 Å². The molecule has 1 aromatic carbocycles. The number of ether oxygens (including phenoxy) is 2. The van der Waals surface area contributed by atoms with Gasteiger partial charge in [0.2, 0.25) is 5.76 Å². The molecule has 0 aromatic heterocycles. The molecule has 0 aliphatic carbocycles. The van der Waals surface area contributed by atoms with Gasteiger partial charge in [0.1, 0.15) is 12.2 Å². The predicted octanol–water partition coefficient (Wildman–Crippen LogP) is -0.215. The molecular formula is C14H16O7. The van der Waals surface area contributed by atoms with Crippen LogP contribution in [-0.4, -0.2) is 51.8 Å². The van der Waals surface area contributed by atoms with Crippen molar-refractivity contribution in [1.82, 2.24) is 0 Å². The molecule has 7 nitrogen and oxygen atoms in total. The fourth-order valence-electron chi connectivity index (χ4n) is 1.96. The van der Waals surface area contributed by atoms with Gasteiger partial charge < -0.3 is 29.9 Å². The van der Waals surface area contributed by atoms with E-state index in [9.17, 15) is 20.1 Å². The van der Waals surface area contributed by atoms with Crippen LogP contribution in [0.5, 0.6) is 0 Å². The van der Waals surface area contributed by atoms with Crippen LogP contribution >= 0.6 is 0 Å². The lowest BCUT2D eigenvalue weighted by molar-refractivity contribution is -0.148. The summed E-state index contributed by atoms with van der Waals surface area (Å²) in [4.78, 5) is 11.4. The van der Waals surface area contributed by atoms with E-state index in [0.29, 0.717) is 5.56 Å². The van der Waals surface area contributed by atoms with Crippen LogP contribution in [0.2, 0.25) is 0 Å². The van der Waals surface area contributed by atoms with Gasteiger partial charge in [0.05, 0.1) is 13.2 Å². The zero-order valence-corrected chi connectivity index (χ0v) is 11.0. The molecule has 2 rings (SSSR count). The molecule has 0 saturated heterocycles. The zero-order valence-electron chi connectivity index (χ0n) is 11.0. The number of hydrogen-bond donors (Lipinski definition) is 4. The summed E-state index contributed by atoms with van der Waals surface area (Å²) in [6.07, 6.45) is -3.57. The molecule has 21 heavy (non-hydrogen) atoms. The summed E-state index contributed by atoms with van der Waals surface area (Å²) < 4.78 is 10.2. The van der Waals surface area contributed by atoms with E-state index in [1.54, 1.807) is 30.3 Å². The number of cyclic esters (lactones) is 1. The second-order valence-corrected chi connectivity index (χ2v) is 4.49. The highest BCUT2D eigenvalue weighted by Gasteiger charge is 2.41. The molecule has 0 radical (unpaired) electrons. The summed E-state index contributed by atoms with van der Waals surface area (Å²) in [5, 5.41) is 37.6. The van der Waals surface area contributed by atoms with E-state index in [2.05, 4.69) is 0 Å². The molecule has 0 fully saturated rings. The van der Waals surface area contributed by atoms with Gasteiger partial charge >= 0.3 is 5.97 Å². The topological polar surface area (TPSA) is 116 Å². The lowest BCUT2D eigenvalue weighted by atomic mass is 10.1. The van der Waals surface area contributed by atoms with Crippen molar-refractivity contribution >= 4 is 5.97 Å². The largest absolute Gasteiger partial charge is 0.499 e. The summed E-state index contributed by atoms with van der Waals surface area (Å²) in [5.41, 5.74) is 0.622. The summed E-state index contributed by atoms with van der Waals surface area (Å²) in [5.74, 6) is -2.13. The van der Waals surface area contributed by atoms with Crippen LogP contribution in [0, 0.1) is 0 Å². The van der Waals surface area contributed by atoms with E-state index in [-0.39, 0.29) is 5.76 Å². The van der Waals surface area contributed by atoms with Gasteiger partial charge in [-0.3, -0.25) is 0 Å². The van der Waals surface area contributed by atoms with Crippen molar-refractivity contribution in [3.8, 4) is 0 Å². The molecule has 114 valence electrons. The molecule has 0 saturated carbocycles. The highest BCUT2D eigenvalue weighted by molar-refractivity contribution is 5.89. The van der Waals surface area contributed by atoms with E-state index in [1.807, 2.05) is 0 Å². The van der Waals surface area contributed by atoms with Gasteiger partial charge in [0, 0.05) is 0 Å².